The number of aromatic amines is 1. The molecule has 35 heavy (non-hydrogen) atoms. The van der Waals surface area contributed by atoms with Crippen LogP contribution in [0.25, 0.3) is 22.0 Å². The van der Waals surface area contributed by atoms with Gasteiger partial charge in [0.05, 0.1) is 46.9 Å². The van der Waals surface area contributed by atoms with Gasteiger partial charge in [-0.15, -0.1) is 0 Å². The lowest BCUT2D eigenvalue weighted by atomic mass is 10.0. The molecule has 1 aliphatic rings. The van der Waals surface area contributed by atoms with Crippen molar-refractivity contribution in [2.24, 2.45) is 0 Å². The Bertz CT molecular complexity index is 1470. The molecular weight excluding hydrogens is 449 g/mol. The predicted octanol–water partition coefficient (Wildman–Crippen LogP) is 3.91. The molecule has 9 heteroatoms. The summed E-state index contributed by atoms with van der Waals surface area (Å²) >= 11 is 0. The molecule has 0 bridgehead atoms. The van der Waals surface area contributed by atoms with Crippen LogP contribution in [0, 0.1) is 11.3 Å². The van der Waals surface area contributed by atoms with Crippen LogP contribution in [-0.4, -0.2) is 39.4 Å². The highest BCUT2D eigenvalue weighted by Crippen LogP contribution is 2.36. The second-order valence-electron chi connectivity index (χ2n) is 8.62. The van der Waals surface area contributed by atoms with Crippen LogP contribution in [0.2, 0.25) is 0 Å². The first-order chi connectivity index (χ1) is 17.0. The molecule has 1 saturated carbocycles. The van der Waals surface area contributed by atoms with Crippen molar-refractivity contribution in [3.8, 4) is 22.9 Å². The maximum Gasteiger partial charge on any atom is 0.275 e. The molecule has 1 fully saturated rings. The van der Waals surface area contributed by atoms with E-state index in [2.05, 4.69) is 16.3 Å². The minimum atomic E-state index is -0.852. The van der Waals surface area contributed by atoms with Gasteiger partial charge < -0.3 is 9.64 Å². The number of amides is 1. The third-order valence-electron chi connectivity index (χ3n) is 6.06. The summed E-state index contributed by atoms with van der Waals surface area (Å²) in [6.07, 6.45) is 4.88. The van der Waals surface area contributed by atoms with Gasteiger partial charge in [-0.1, -0.05) is 12.1 Å². The third kappa shape index (κ3) is 4.38. The fourth-order valence-corrected chi connectivity index (χ4v) is 4.08. The van der Waals surface area contributed by atoms with Crippen molar-refractivity contribution >= 4 is 16.8 Å². The Labute approximate surface area is 200 Å². The van der Waals surface area contributed by atoms with Gasteiger partial charge in [-0.05, 0) is 48.7 Å². The van der Waals surface area contributed by atoms with Crippen LogP contribution in [0.15, 0.2) is 54.9 Å². The first-order valence-corrected chi connectivity index (χ1v) is 11.2. The van der Waals surface area contributed by atoms with Crippen LogP contribution in [0.5, 0.6) is 5.75 Å². The molecule has 176 valence electrons. The Hall–Kier alpha value is -4.45. The second-order valence-corrected chi connectivity index (χ2v) is 8.62. The predicted molar refractivity (Wildman–Crippen MR) is 124 cm³/mol. The van der Waals surface area contributed by atoms with Crippen molar-refractivity contribution in [3.05, 3.63) is 77.2 Å². The fraction of sp³-hybridized carbons (Fsp3) is 0.231. The normalized spacial score (nSPS) is 12.9. The number of nitrogens with zero attached hydrogens (tertiary/aromatic N) is 4. The van der Waals surface area contributed by atoms with Crippen LogP contribution < -0.4 is 9.47 Å². The number of halogens is 1. The summed E-state index contributed by atoms with van der Waals surface area (Å²) in [6.45, 7) is -0.690. The van der Waals surface area contributed by atoms with Gasteiger partial charge in [-0.25, -0.2) is 4.39 Å². The van der Waals surface area contributed by atoms with Crippen LogP contribution in [-0.2, 0) is 13.2 Å². The van der Waals surface area contributed by atoms with Crippen molar-refractivity contribution in [1.29, 1.82) is 5.26 Å². The number of hydrogen-bond acceptors (Lipinski definition) is 5. The fourth-order valence-electron chi connectivity index (χ4n) is 4.08. The Kier molecular flexibility index (Phi) is 5.79. The molecule has 0 saturated heterocycles. The Morgan fingerprint density at radius 2 is 2.17 bits per heavy atom. The van der Waals surface area contributed by atoms with Gasteiger partial charge in [0.2, 0.25) is 6.20 Å². The van der Waals surface area contributed by atoms with Crippen LogP contribution in [0.1, 0.15) is 40.0 Å². The summed E-state index contributed by atoms with van der Waals surface area (Å²) in [5, 5.41) is 26.7. The molecule has 2 aromatic carbocycles. The van der Waals surface area contributed by atoms with Crippen molar-refractivity contribution in [2.45, 2.75) is 32.2 Å². The molecular formula is C26H23FN5O3+. The maximum absolute atomic E-state index is 13.4. The quantitative estimate of drug-likeness (QED) is 0.313. The number of alkyl halides is 1. The zero-order valence-corrected chi connectivity index (χ0v) is 19.0. The number of hydrogen-bond donors (Lipinski definition) is 2. The number of nitrogens with one attached hydrogen (secondary N) is 1. The number of fused-ring (bicyclic) bond motifs is 1. The molecule has 0 spiro atoms. The van der Waals surface area contributed by atoms with Crippen molar-refractivity contribution in [1.82, 2.24) is 15.1 Å². The largest absolute Gasteiger partial charge is 0.490 e. The molecule has 1 aliphatic carbocycles. The molecule has 2 N–H and O–H groups in total. The lowest BCUT2D eigenvalue weighted by Crippen LogP contribution is -2.36. The van der Waals surface area contributed by atoms with Gasteiger partial charge in [0, 0.05) is 22.9 Å². The zero-order valence-electron chi connectivity index (χ0n) is 19.0. The van der Waals surface area contributed by atoms with Crippen molar-refractivity contribution in [3.63, 3.8) is 0 Å². The van der Waals surface area contributed by atoms with E-state index in [0.29, 0.717) is 33.3 Å². The minimum Gasteiger partial charge on any atom is -0.490 e. The van der Waals surface area contributed by atoms with Gasteiger partial charge in [0.25, 0.3) is 11.6 Å². The summed E-state index contributed by atoms with van der Waals surface area (Å²) in [5.41, 5.74) is 3.89. The number of benzene rings is 2. The second kappa shape index (κ2) is 9.06. The van der Waals surface area contributed by atoms with E-state index in [1.165, 1.54) is 17.3 Å². The monoisotopic (exact) mass is 472 g/mol. The number of ether oxygens (including phenoxy) is 1. The standard InChI is InChI=1S/C26H22FN5O3/c1-31(14-19-15-32(34)23(11-27)22-13-29-30-25(19)22)26(33)18-5-8-21(24(10-18)35-20-6-7-20)17-4-2-3-16(9-17)12-28/h2-5,8-10,13,15,20,34H,6-7,11,14H2,1H3/p+1. The van der Waals surface area contributed by atoms with E-state index >= 15 is 0 Å². The number of carbonyl (C=O) groups excluding carboxylic acids is 1. The van der Waals surface area contributed by atoms with Crippen LogP contribution in [0.3, 0.4) is 0 Å². The summed E-state index contributed by atoms with van der Waals surface area (Å²) in [6, 6.07) is 14.7. The highest BCUT2D eigenvalue weighted by molar-refractivity contribution is 5.96. The number of rotatable bonds is 7. The van der Waals surface area contributed by atoms with E-state index in [4.69, 9.17) is 4.74 Å². The van der Waals surface area contributed by atoms with Gasteiger partial charge in [-0.2, -0.15) is 10.4 Å². The minimum absolute atomic E-state index is 0.0874. The Balaban J connectivity index is 1.45. The number of pyridine rings is 1. The topological polar surface area (TPSA) is 106 Å². The van der Waals surface area contributed by atoms with E-state index < -0.39 is 6.67 Å². The Morgan fingerprint density at radius 3 is 2.91 bits per heavy atom. The number of aromatic nitrogens is 3. The number of nitriles is 1. The Morgan fingerprint density at radius 1 is 1.34 bits per heavy atom. The van der Waals surface area contributed by atoms with Gasteiger partial charge >= 0.3 is 0 Å². The molecule has 0 radical (unpaired) electrons. The maximum atomic E-state index is 13.4. The average molecular weight is 473 g/mol. The molecule has 0 atom stereocenters. The van der Waals surface area contributed by atoms with Gasteiger partial charge in [-0.3, -0.25) is 15.1 Å². The summed E-state index contributed by atoms with van der Waals surface area (Å²) in [4.78, 5) is 14.8. The molecule has 1 amide bonds. The first kappa shape index (κ1) is 22.3. The van der Waals surface area contributed by atoms with E-state index in [1.54, 1.807) is 31.3 Å². The highest BCUT2D eigenvalue weighted by Gasteiger charge is 2.27. The van der Waals surface area contributed by atoms with Gasteiger partial charge in [0.1, 0.15) is 5.75 Å². The molecule has 2 heterocycles. The SMILES string of the molecule is CN(Cc1c[n+](O)c(CF)c2cn[nH]c12)C(=O)c1ccc(-c2cccc(C#N)c2)c(OC2CC2)c1. The van der Waals surface area contributed by atoms with E-state index in [9.17, 15) is 19.7 Å². The van der Waals surface area contributed by atoms with E-state index in [0.717, 1.165) is 28.7 Å². The van der Waals surface area contributed by atoms with Crippen molar-refractivity contribution in [2.75, 3.05) is 7.05 Å². The molecule has 4 aromatic rings. The molecule has 0 unspecified atom stereocenters. The summed E-state index contributed by atoms with van der Waals surface area (Å²) < 4.78 is 20.2. The van der Waals surface area contributed by atoms with Crippen molar-refractivity contribution < 1.29 is 23.9 Å². The molecule has 0 aliphatic heterocycles. The molecule has 8 nitrogen and oxygen atoms in total. The molecule has 2 aromatic heterocycles. The zero-order chi connectivity index (χ0) is 24.5. The van der Waals surface area contributed by atoms with E-state index in [-0.39, 0.29) is 24.2 Å². The number of H-pyrrole nitrogens is 1. The first-order valence-electron chi connectivity index (χ1n) is 11.2. The van der Waals surface area contributed by atoms with Gasteiger partial charge in [0.15, 0.2) is 6.67 Å². The number of carbonyl (C=O) groups is 1. The molecule has 5 rings (SSSR count). The lowest BCUT2D eigenvalue weighted by molar-refractivity contribution is -0.909. The highest BCUT2D eigenvalue weighted by atomic mass is 19.1. The van der Waals surface area contributed by atoms with Crippen LogP contribution >= 0.6 is 0 Å². The average Bonchev–Trinajstić information content (AvgIpc) is 3.55. The van der Waals surface area contributed by atoms with Crippen LogP contribution in [0.4, 0.5) is 4.39 Å². The van der Waals surface area contributed by atoms with E-state index in [1.807, 2.05) is 18.2 Å². The smallest absolute Gasteiger partial charge is 0.275 e. The summed E-state index contributed by atoms with van der Waals surface area (Å²) in [5.74, 6) is 0.355. The third-order valence-corrected chi connectivity index (χ3v) is 6.06. The lowest BCUT2D eigenvalue weighted by Gasteiger charge is -2.19. The summed E-state index contributed by atoms with van der Waals surface area (Å²) in [7, 11) is 1.65.